The highest BCUT2D eigenvalue weighted by molar-refractivity contribution is 6.14. The van der Waals surface area contributed by atoms with Gasteiger partial charge in [0.25, 0.3) is 0 Å². The molecule has 0 bridgehead atoms. The smallest absolute Gasteiger partial charge is 0.164 e. The zero-order valence-corrected chi connectivity index (χ0v) is 41.1. The van der Waals surface area contributed by atoms with Crippen molar-refractivity contribution in [2.45, 2.75) is 12.0 Å². The number of para-hydroxylation sites is 4. The van der Waals surface area contributed by atoms with Gasteiger partial charge in [-0.05, 0) is 109 Å². The molecule has 4 aromatic heterocycles. The highest BCUT2D eigenvalue weighted by Gasteiger charge is 2.37. The highest BCUT2D eigenvalue weighted by atomic mass is 15.2. The summed E-state index contributed by atoms with van der Waals surface area (Å²) in [5, 5.41) is 7.28. The summed E-state index contributed by atoms with van der Waals surface area (Å²) in [6.07, 6.45) is 9.11. The number of rotatable bonds is 7. The molecule has 2 aliphatic rings. The summed E-state index contributed by atoms with van der Waals surface area (Å²) in [7, 11) is 0. The predicted octanol–water partition coefficient (Wildman–Crippen LogP) is 16.9. The Morgan fingerprint density at radius 2 is 0.671 bits per heavy atom. The summed E-state index contributed by atoms with van der Waals surface area (Å²) in [5.74, 6) is 2.21. The number of allylic oxidation sites excluding steroid dienone is 2. The molecule has 76 heavy (non-hydrogen) atoms. The molecule has 0 spiro atoms. The van der Waals surface area contributed by atoms with Gasteiger partial charge >= 0.3 is 0 Å². The molecule has 2 unspecified atom stereocenters. The first-order valence-corrected chi connectivity index (χ1v) is 26.0. The SMILES string of the molecule is C1=CC2c3ccccc3N(c3ccc4c(c3)c3cc(-n5c6ccccc6c6ccccc65)ccc3n4-c3ccc4c(c3)c3ccccc3n4-c3ccc(-c4nc(-c5ccccc5)nc(-c5ccccc5)n4)cc3)C2C=C1. The maximum atomic E-state index is 5.02. The lowest BCUT2D eigenvalue weighted by Crippen LogP contribution is -2.28. The molecule has 356 valence electrons. The summed E-state index contributed by atoms with van der Waals surface area (Å²) < 4.78 is 7.28. The molecule has 0 radical (unpaired) electrons. The van der Waals surface area contributed by atoms with Crippen molar-refractivity contribution in [3.8, 4) is 51.2 Å². The van der Waals surface area contributed by atoms with Gasteiger partial charge in [-0.3, -0.25) is 0 Å². The van der Waals surface area contributed by atoms with Gasteiger partial charge in [0.05, 0.1) is 39.1 Å². The van der Waals surface area contributed by atoms with Gasteiger partial charge < -0.3 is 18.6 Å². The van der Waals surface area contributed by atoms with E-state index in [9.17, 15) is 0 Å². The molecule has 14 aromatic rings. The molecule has 0 N–H and O–H groups in total. The van der Waals surface area contributed by atoms with Gasteiger partial charge in [0, 0.05) is 83.4 Å². The van der Waals surface area contributed by atoms with E-state index in [2.05, 4.69) is 219 Å². The number of hydrogen-bond acceptors (Lipinski definition) is 4. The lowest BCUT2D eigenvalue weighted by atomic mass is 9.91. The van der Waals surface area contributed by atoms with Gasteiger partial charge in [-0.1, -0.05) is 158 Å². The van der Waals surface area contributed by atoms with E-state index in [1.54, 1.807) is 0 Å². The second-order valence-corrected chi connectivity index (χ2v) is 20.0. The molecule has 7 nitrogen and oxygen atoms in total. The van der Waals surface area contributed by atoms with Crippen molar-refractivity contribution in [2.24, 2.45) is 0 Å². The first-order chi connectivity index (χ1) is 37.7. The minimum atomic E-state index is 0.196. The van der Waals surface area contributed by atoms with Crippen LogP contribution in [-0.4, -0.2) is 34.7 Å². The van der Waals surface area contributed by atoms with Crippen molar-refractivity contribution in [1.82, 2.24) is 28.7 Å². The fourth-order valence-electron chi connectivity index (χ4n) is 12.4. The van der Waals surface area contributed by atoms with E-state index in [0.717, 1.165) is 55.8 Å². The minimum Gasteiger partial charge on any atom is -0.333 e. The molecule has 5 heterocycles. The van der Waals surface area contributed by atoms with Crippen molar-refractivity contribution >= 4 is 76.8 Å². The fraction of sp³-hybridized carbons (Fsp3) is 0.0290. The topological polar surface area (TPSA) is 56.7 Å². The summed E-state index contributed by atoms with van der Waals surface area (Å²) >= 11 is 0. The van der Waals surface area contributed by atoms with Crippen molar-refractivity contribution in [3.63, 3.8) is 0 Å². The van der Waals surface area contributed by atoms with Crippen LogP contribution in [0.15, 0.2) is 261 Å². The van der Waals surface area contributed by atoms with Gasteiger partial charge in [0.2, 0.25) is 0 Å². The fourth-order valence-corrected chi connectivity index (χ4v) is 12.4. The number of benzene rings is 10. The number of anilines is 2. The first kappa shape index (κ1) is 42.4. The van der Waals surface area contributed by atoms with E-state index in [1.165, 1.54) is 60.3 Å². The lowest BCUT2D eigenvalue weighted by Gasteiger charge is -2.28. The minimum absolute atomic E-state index is 0.196. The summed E-state index contributed by atoms with van der Waals surface area (Å²) in [6, 6.07) is 85.4. The highest BCUT2D eigenvalue weighted by Crippen LogP contribution is 2.49. The van der Waals surface area contributed by atoms with E-state index in [4.69, 9.17) is 15.0 Å². The first-order valence-electron chi connectivity index (χ1n) is 26.0. The van der Waals surface area contributed by atoms with Gasteiger partial charge in [-0.15, -0.1) is 0 Å². The normalized spacial score (nSPS) is 15.0. The van der Waals surface area contributed by atoms with Crippen molar-refractivity contribution in [1.29, 1.82) is 0 Å². The van der Waals surface area contributed by atoms with Crippen LogP contribution in [0, 0.1) is 0 Å². The standard InChI is InChI=1S/C69H45N7/c1-3-17-44(18-4-1)67-70-68(45-19-5-2-6-20-45)72-69(71-67)46-31-33-47(34-32-46)73-63-30-16-11-25-55(63)56-41-48(35-38-64(56)73)76-65-39-36-49(74-59-26-12-7-21-51(59)52-22-8-13-27-60(52)74)42-57(65)58-43-50(37-40-66(58)76)75-61-28-14-9-23-53(61)54-24-10-15-29-62(54)75/h1-43,51,59H. The Hall–Kier alpha value is -10.1. The van der Waals surface area contributed by atoms with Crippen LogP contribution in [0.3, 0.4) is 0 Å². The molecule has 0 amide bonds. The molecule has 0 saturated carbocycles. The molecule has 10 aromatic carbocycles. The Bertz CT molecular complexity index is 4600. The maximum Gasteiger partial charge on any atom is 0.164 e. The van der Waals surface area contributed by atoms with Gasteiger partial charge in [-0.2, -0.15) is 0 Å². The van der Waals surface area contributed by atoms with Crippen LogP contribution in [0.1, 0.15) is 11.5 Å². The van der Waals surface area contributed by atoms with Crippen LogP contribution in [0.4, 0.5) is 11.4 Å². The summed E-state index contributed by atoms with van der Waals surface area (Å²) in [5.41, 5.74) is 16.9. The number of aromatic nitrogens is 6. The lowest BCUT2D eigenvalue weighted by molar-refractivity contribution is 0.745. The molecule has 16 rings (SSSR count). The molecule has 1 aliphatic heterocycles. The molecular formula is C69H45N7. The Balaban J connectivity index is 0.858. The van der Waals surface area contributed by atoms with Crippen molar-refractivity contribution in [2.75, 3.05) is 4.90 Å². The molecular weight excluding hydrogens is 927 g/mol. The van der Waals surface area contributed by atoms with E-state index in [-0.39, 0.29) is 6.04 Å². The van der Waals surface area contributed by atoms with Gasteiger partial charge in [0.1, 0.15) is 0 Å². The van der Waals surface area contributed by atoms with E-state index in [0.29, 0.717) is 23.4 Å². The Labute approximate surface area is 437 Å². The molecule has 0 saturated heterocycles. The third kappa shape index (κ3) is 6.45. The monoisotopic (exact) mass is 971 g/mol. The van der Waals surface area contributed by atoms with Crippen LogP contribution in [0.25, 0.3) is 117 Å². The zero-order chi connectivity index (χ0) is 49.8. The second kappa shape index (κ2) is 16.7. The number of hydrogen-bond donors (Lipinski definition) is 0. The largest absolute Gasteiger partial charge is 0.333 e. The third-order valence-corrected chi connectivity index (χ3v) is 15.8. The molecule has 1 aliphatic carbocycles. The van der Waals surface area contributed by atoms with E-state index >= 15 is 0 Å². The second-order valence-electron chi connectivity index (χ2n) is 20.0. The molecule has 7 heteroatoms. The van der Waals surface area contributed by atoms with E-state index < -0.39 is 0 Å². The molecule has 0 fully saturated rings. The summed E-state index contributed by atoms with van der Waals surface area (Å²) in [6.45, 7) is 0. The Morgan fingerprint density at radius 1 is 0.289 bits per heavy atom. The quantitative estimate of drug-likeness (QED) is 0.160. The number of fused-ring (bicyclic) bond motifs is 12. The van der Waals surface area contributed by atoms with E-state index in [1.807, 2.05) is 60.7 Å². The van der Waals surface area contributed by atoms with Crippen LogP contribution in [0.5, 0.6) is 0 Å². The average molecular weight is 972 g/mol. The van der Waals surface area contributed by atoms with Crippen LogP contribution in [-0.2, 0) is 0 Å². The third-order valence-electron chi connectivity index (χ3n) is 15.8. The number of nitrogens with zero attached hydrogens (tertiary/aromatic N) is 7. The Morgan fingerprint density at radius 3 is 1.22 bits per heavy atom. The predicted molar refractivity (Wildman–Crippen MR) is 313 cm³/mol. The van der Waals surface area contributed by atoms with Crippen LogP contribution < -0.4 is 4.90 Å². The van der Waals surface area contributed by atoms with Gasteiger partial charge in [-0.25, -0.2) is 15.0 Å². The zero-order valence-electron chi connectivity index (χ0n) is 41.1. The summed E-state index contributed by atoms with van der Waals surface area (Å²) in [4.78, 5) is 17.5. The average Bonchev–Trinajstić information content (AvgIpc) is 4.29. The Kier molecular flexibility index (Phi) is 9.32. The molecule has 2 atom stereocenters. The van der Waals surface area contributed by atoms with Gasteiger partial charge in [0.15, 0.2) is 17.5 Å². The maximum absolute atomic E-state index is 5.02. The van der Waals surface area contributed by atoms with Crippen molar-refractivity contribution < 1.29 is 0 Å². The van der Waals surface area contributed by atoms with Crippen molar-refractivity contribution in [3.05, 3.63) is 266 Å². The van der Waals surface area contributed by atoms with Crippen LogP contribution in [0.2, 0.25) is 0 Å². The van der Waals surface area contributed by atoms with Crippen LogP contribution >= 0.6 is 0 Å².